The topological polar surface area (TPSA) is 42.7 Å². The van der Waals surface area contributed by atoms with E-state index in [-0.39, 0.29) is 5.63 Å². The molecule has 24 heavy (non-hydrogen) atoms. The van der Waals surface area contributed by atoms with E-state index in [4.69, 9.17) is 20.8 Å². The fourth-order valence-corrected chi connectivity index (χ4v) is 3.35. The number of anilines is 1. The van der Waals surface area contributed by atoms with Crippen LogP contribution in [-0.4, -0.2) is 6.73 Å². The van der Waals surface area contributed by atoms with Gasteiger partial charge in [-0.05, 0) is 49.2 Å². The van der Waals surface area contributed by atoms with E-state index >= 15 is 0 Å². The van der Waals surface area contributed by atoms with Gasteiger partial charge in [0.05, 0.1) is 12.1 Å². The molecular formula is C19H16ClNO3. The van der Waals surface area contributed by atoms with Gasteiger partial charge in [0.25, 0.3) is 0 Å². The molecule has 0 saturated carbocycles. The molecule has 122 valence electrons. The predicted octanol–water partition coefficient (Wildman–Crippen LogP) is 4.42. The van der Waals surface area contributed by atoms with Crippen LogP contribution in [0.15, 0.2) is 45.6 Å². The zero-order valence-corrected chi connectivity index (χ0v) is 14.2. The highest BCUT2D eigenvalue weighted by Gasteiger charge is 2.23. The highest BCUT2D eigenvalue weighted by atomic mass is 35.5. The van der Waals surface area contributed by atoms with Crippen molar-refractivity contribution in [3.05, 3.63) is 68.5 Å². The molecule has 0 amide bonds. The molecule has 0 spiro atoms. The number of hydrogen-bond donors (Lipinski definition) is 0. The standard InChI is InChI=1S/C19H16ClNO3/c1-11-8-18(22)24-19-13(11)6-7-17-14(19)9-21(10-23-17)16-5-3-4-15(20)12(16)2/h3-8H,9-10H2,1-2H3. The van der Waals surface area contributed by atoms with Gasteiger partial charge in [0.15, 0.2) is 6.73 Å². The number of hydrogen-bond acceptors (Lipinski definition) is 4. The van der Waals surface area contributed by atoms with Gasteiger partial charge in [0.1, 0.15) is 11.3 Å². The minimum Gasteiger partial charge on any atom is -0.473 e. The second-order valence-corrected chi connectivity index (χ2v) is 6.43. The maximum absolute atomic E-state index is 11.8. The molecule has 3 aromatic rings. The van der Waals surface area contributed by atoms with E-state index in [0.717, 1.165) is 38.5 Å². The molecule has 0 N–H and O–H groups in total. The first-order chi connectivity index (χ1) is 11.5. The zero-order valence-electron chi connectivity index (χ0n) is 13.4. The second kappa shape index (κ2) is 5.56. The zero-order chi connectivity index (χ0) is 16.8. The van der Waals surface area contributed by atoms with Crippen molar-refractivity contribution >= 4 is 28.3 Å². The van der Waals surface area contributed by atoms with Gasteiger partial charge >= 0.3 is 5.63 Å². The minimum atomic E-state index is -0.343. The maximum Gasteiger partial charge on any atom is 0.336 e. The van der Waals surface area contributed by atoms with Gasteiger partial charge in [0.2, 0.25) is 0 Å². The molecule has 5 heteroatoms. The smallest absolute Gasteiger partial charge is 0.336 e. The molecule has 0 saturated heterocycles. The fourth-order valence-electron chi connectivity index (χ4n) is 3.18. The first-order valence-corrected chi connectivity index (χ1v) is 8.11. The van der Waals surface area contributed by atoms with E-state index in [1.165, 1.54) is 6.07 Å². The number of aryl methyl sites for hydroxylation is 1. The molecule has 2 aromatic carbocycles. The van der Waals surface area contributed by atoms with Crippen LogP contribution in [0, 0.1) is 13.8 Å². The third-order valence-corrected chi connectivity index (χ3v) is 4.89. The van der Waals surface area contributed by atoms with Gasteiger partial charge in [-0.25, -0.2) is 4.79 Å². The Kier molecular flexibility index (Phi) is 3.50. The van der Waals surface area contributed by atoms with E-state index in [9.17, 15) is 4.79 Å². The lowest BCUT2D eigenvalue weighted by Crippen LogP contribution is -2.32. The number of nitrogens with zero attached hydrogens (tertiary/aromatic N) is 1. The van der Waals surface area contributed by atoms with Crippen LogP contribution in [0.1, 0.15) is 16.7 Å². The van der Waals surface area contributed by atoms with E-state index in [0.29, 0.717) is 18.9 Å². The van der Waals surface area contributed by atoms with E-state index in [1.54, 1.807) is 0 Å². The van der Waals surface area contributed by atoms with Crippen molar-refractivity contribution < 1.29 is 9.15 Å². The molecule has 1 aliphatic heterocycles. The summed E-state index contributed by atoms with van der Waals surface area (Å²) in [5.74, 6) is 0.757. The van der Waals surface area contributed by atoms with Crippen LogP contribution in [0.5, 0.6) is 5.75 Å². The number of benzene rings is 2. The third-order valence-electron chi connectivity index (χ3n) is 4.48. The lowest BCUT2D eigenvalue weighted by Gasteiger charge is -2.32. The van der Waals surface area contributed by atoms with Crippen LogP contribution in [0.3, 0.4) is 0 Å². The first kappa shape index (κ1) is 15.1. The van der Waals surface area contributed by atoms with Crippen LogP contribution < -0.4 is 15.3 Å². The summed E-state index contributed by atoms with van der Waals surface area (Å²) in [6.45, 7) is 4.92. The summed E-state index contributed by atoms with van der Waals surface area (Å²) >= 11 is 6.24. The molecule has 0 aliphatic carbocycles. The molecule has 0 radical (unpaired) electrons. The lowest BCUT2D eigenvalue weighted by atomic mass is 10.0. The largest absolute Gasteiger partial charge is 0.473 e. The molecule has 0 bridgehead atoms. The molecule has 1 aromatic heterocycles. The summed E-state index contributed by atoms with van der Waals surface area (Å²) in [7, 11) is 0. The highest BCUT2D eigenvalue weighted by molar-refractivity contribution is 6.31. The lowest BCUT2D eigenvalue weighted by molar-refractivity contribution is 0.289. The average molecular weight is 342 g/mol. The highest BCUT2D eigenvalue weighted by Crippen LogP contribution is 2.36. The summed E-state index contributed by atoms with van der Waals surface area (Å²) in [5.41, 5.74) is 4.06. The second-order valence-electron chi connectivity index (χ2n) is 6.02. The number of rotatable bonds is 1. The van der Waals surface area contributed by atoms with Gasteiger partial charge in [-0.3, -0.25) is 0 Å². The molecule has 0 unspecified atom stereocenters. The summed E-state index contributed by atoms with van der Waals surface area (Å²) < 4.78 is 11.4. The van der Waals surface area contributed by atoms with Crippen molar-refractivity contribution in [3.8, 4) is 5.75 Å². The van der Waals surface area contributed by atoms with Crippen molar-refractivity contribution in [2.75, 3.05) is 11.6 Å². The predicted molar refractivity (Wildman–Crippen MR) is 95.1 cm³/mol. The van der Waals surface area contributed by atoms with Crippen LogP contribution in [0.25, 0.3) is 11.0 Å². The summed E-state index contributed by atoms with van der Waals surface area (Å²) in [5, 5.41) is 1.65. The van der Waals surface area contributed by atoms with E-state index in [2.05, 4.69) is 4.90 Å². The summed E-state index contributed by atoms with van der Waals surface area (Å²) in [6, 6.07) is 11.2. The Labute approximate surface area is 144 Å². The molecule has 4 rings (SSSR count). The molecular weight excluding hydrogens is 326 g/mol. The third kappa shape index (κ3) is 2.34. The van der Waals surface area contributed by atoms with Gasteiger partial charge in [-0.2, -0.15) is 0 Å². The Balaban J connectivity index is 1.86. The quantitative estimate of drug-likeness (QED) is 0.614. The molecule has 0 atom stereocenters. The summed E-state index contributed by atoms with van der Waals surface area (Å²) in [6.07, 6.45) is 0. The number of fused-ring (bicyclic) bond motifs is 3. The van der Waals surface area contributed by atoms with Gasteiger partial charge < -0.3 is 14.1 Å². The molecule has 4 nitrogen and oxygen atoms in total. The normalized spacial score (nSPS) is 13.7. The molecule has 0 fully saturated rings. The SMILES string of the molecule is Cc1c(Cl)cccc1N1COc2ccc3c(C)cc(=O)oc3c2C1. The Morgan fingerprint density at radius 2 is 2.00 bits per heavy atom. The summed E-state index contributed by atoms with van der Waals surface area (Å²) in [4.78, 5) is 13.9. The van der Waals surface area contributed by atoms with Crippen molar-refractivity contribution in [2.24, 2.45) is 0 Å². The Bertz CT molecular complexity index is 1010. The monoisotopic (exact) mass is 341 g/mol. The van der Waals surface area contributed by atoms with Crippen molar-refractivity contribution in [1.29, 1.82) is 0 Å². The maximum atomic E-state index is 11.8. The van der Waals surface area contributed by atoms with Crippen LogP contribution in [0.2, 0.25) is 5.02 Å². The Hall–Kier alpha value is -2.46. The Morgan fingerprint density at radius 3 is 2.83 bits per heavy atom. The minimum absolute atomic E-state index is 0.343. The van der Waals surface area contributed by atoms with Crippen molar-refractivity contribution in [1.82, 2.24) is 0 Å². The molecule has 1 aliphatic rings. The first-order valence-electron chi connectivity index (χ1n) is 7.74. The van der Waals surface area contributed by atoms with Gasteiger partial charge in [-0.1, -0.05) is 17.7 Å². The number of halogens is 1. The molecule has 2 heterocycles. The van der Waals surface area contributed by atoms with Gasteiger partial charge in [-0.15, -0.1) is 0 Å². The van der Waals surface area contributed by atoms with Crippen LogP contribution >= 0.6 is 11.6 Å². The van der Waals surface area contributed by atoms with Gasteiger partial charge in [0, 0.05) is 22.2 Å². The fraction of sp³-hybridized carbons (Fsp3) is 0.211. The number of ether oxygens (including phenoxy) is 1. The Morgan fingerprint density at radius 1 is 1.17 bits per heavy atom. The van der Waals surface area contributed by atoms with Crippen molar-refractivity contribution in [2.45, 2.75) is 20.4 Å². The van der Waals surface area contributed by atoms with E-state index in [1.807, 2.05) is 44.2 Å². The average Bonchev–Trinajstić information content (AvgIpc) is 2.56. The van der Waals surface area contributed by atoms with Crippen LogP contribution in [-0.2, 0) is 6.54 Å². The van der Waals surface area contributed by atoms with Crippen LogP contribution in [0.4, 0.5) is 5.69 Å². The van der Waals surface area contributed by atoms with E-state index < -0.39 is 0 Å². The van der Waals surface area contributed by atoms with Crippen molar-refractivity contribution in [3.63, 3.8) is 0 Å².